The predicted octanol–water partition coefficient (Wildman–Crippen LogP) is 1.70. The maximum Gasteiger partial charge on any atom is 0.325 e. The van der Waals surface area contributed by atoms with E-state index in [2.05, 4.69) is 0 Å². The van der Waals surface area contributed by atoms with Gasteiger partial charge in [0, 0.05) is 0 Å². The fraction of sp³-hybridized carbons (Fsp3) is 0.417. The van der Waals surface area contributed by atoms with Crippen LogP contribution in [0.4, 0.5) is 0 Å². The fourth-order valence-electron chi connectivity index (χ4n) is 1.81. The lowest BCUT2D eigenvalue weighted by Crippen LogP contribution is -2.27. The van der Waals surface area contributed by atoms with Crippen molar-refractivity contribution in [3.8, 4) is 5.75 Å². The Labute approximate surface area is 95.1 Å². The Morgan fingerprint density at radius 2 is 1.69 bits per heavy atom. The Bertz CT molecular complexity index is 390. The zero-order chi connectivity index (χ0) is 12.5. The van der Waals surface area contributed by atoms with Crippen LogP contribution in [0.1, 0.15) is 22.7 Å². The second-order valence-electron chi connectivity index (χ2n) is 4.21. The molecule has 1 unspecified atom stereocenters. The molecule has 0 spiro atoms. The first-order valence-corrected chi connectivity index (χ1v) is 5.04. The average Bonchev–Trinajstić information content (AvgIpc) is 2.12. The Balaban J connectivity index is 3.26. The van der Waals surface area contributed by atoms with Gasteiger partial charge >= 0.3 is 5.97 Å². The third-order valence-electron chi connectivity index (χ3n) is 2.58. The second kappa shape index (κ2) is 4.53. The lowest BCUT2D eigenvalue weighted by atomic mass is 10.00. The van der Waals surface area contributed by atoms with E-state index >= 15 is 0 Å². The van der Waals surface area contributed by atoms with Gasteiger partial charge in [0.2, 0.25) is 0 Å². The number of nitrogens with zero attached hydrogens (tertiary/aromatic N) is 1. The van der Waals surface area contributed by atoms with Crippen molar-refractivity contribution in [3.05, 3.63) is 28.8 Å². The van der Waals surface area contributed by atoms with E-state index in [0.29, 0.717) is 16.7 Å². The molecular weight excluding hydrogens is 206 g/mol. The van der Waals surface area contributed by atoms with Gasteiger partial charge in [-0.05, 0) is 44.6 Å². The van der Waals surface area contributed by atoms with Gasteiger partial charge in [-0.2, -0.15) is 0 Å². The van der Waals surface area contributed by atoms with Crippen LogP contribution in [-0.4, -0.2) is 35.2 Å². The van der Waals surface area contributed by atoms with Gasteiger partial charge in [-0.3, -0.25) is 9.69 Å². The van der Waals surface area contributed by atoms with Crippen molar-refractivity contribution in [2.75, 3.05) is 14.1 Å². The quantitative estimate of drug-likeness (QED) is 0.818. The zero-order valence-corrected chi connectivity index (χ0v) is 9.98. The number of likely N-dealkylation sites (N-methyl/N-ethyl adjacent to an activating group) is 1. The smallest absolute Gasteiger partial charge is 0.325 e. The molecule has 1 rings (SSSR count). The van der Waals surface area contributed by atoms with Crippen LogP contribution < -0.4 is 0 Å². The maximum absolute atomic E-state index is 11.1. The van der Waals surface area contributed by atoms with E-state index < -0.39 is 12.0 Å². The number of aromatic hydroxyl groups is 1. The van der Waals surface area contributed by atoms with Crippen LogP contribution in [0.15, 0.2) is 12.1 Å². The van der Waals surface area contributed by atoms with Gasteiger partial charge in [0.15, 0.2) is 0 Å². The molecule has 4 nitrogen and oxygen atoms in total. The molecule has 0 aromatic heterocycles. The molecule has 0 saturated heterocycles. The van der Waals surface area contributed by atoms with Gasteiger partial charge in [0.25, 0.3) is 0 Å². The van der Waals surface area contributed by atoms with E-state index in [1.807, 2.05) is 0 Å². The molecule has 1 atom stereocenters. The summed E-state index contributed by atoms with van der Waals surface area (Å²) < 4.78 is 0. The van der Waals surface area contributed by atoms with Crippen molar-refractivity contribution in [2.24, 2.45) is 0 Å². The van der Waals surface area contributed by atoms with E-state index in [1.165, 1.54) is 0 Å². The number of hydrogen-bond acceptors (Lipinski definition) is 3. The van der Waals surface area contributed by atoms with Crippen LogP contribution in [0.25, 0.3) is 0 Å². The van der Waals surface area contributed by atoms with E-state index in [9.17, 15) is 9.90 Å². The van der Waals surface area contributed by atoms with Gasteiger partial charge in [-0.1, -0.05) is 12.1 Å². The summed E-state index contributed by atoms with van der Waals surface area (Å²) in [5, 5.41) is 18.8. The molecule has 1 aromatic rings. The summed E-state index contributed by atoms with van der Waals surface area (Å²) in [6.07, 6.45) is 0. The van der Waals surface area contributed by atoms with Crippen LogP contribution in [-0.2, 0) is 4.79 Å². The lowest BCUT2D eigenvalue weighted by Gasteiger charge is -2.21. The molecule has 0 aliphatic carbocycles. The van der Waals surface area contributed by atoms with Crippen LogP contribution in [0.5, 0.6) is 5.75 Å². The molecule has 0 aliphatic rings. The SMILES string of the molecule is Cc1cc(C(C(=O)O)N(C)C)cc(C)c1O. The second-order valence-corrected chi connectivity index (χ2v) is 4.21. The molecule has 88 valence electrons. The van der Waals surface area contributed by atoms with Gasteiger partial charge < -0.3 is 10.2 Å². The summed E-state index contributed by atoms with van der Waals surface area (Å²) in [6.45, 7) is 3.53. The highest BCUT2D eigenvalue weighted by atomic mass is 16.4. The Morgan fingerprint density at radius 3 is 2.00 bits per heavy atom. The Morgan fingerprint density at radius 1 is 1.25 bits per heavy atom. The predicted molar refractivity (Wildman–Crippen MR) is 61.6 cm³/mol. The number of rotatable bonds is 3. The molecule has 0 amide bonds. The Kier molecular flexibility index (Phi) is 3.55. The highest BCUT2D eigenvalue weighted by molar-refractivity contribution is 5.76. The first-order valence-electron chi connectivity index (χ1n) is 5.04. The lowest BCUT2D eigenvalue weighted by molar-refractivity contribution is -0.142. The topological polar surface area (TPSA) is 60.8 Å². The molecular formula is C12H17NO3. The van der Waals surface area contributed by atoms with Crippen molar-refractivity contribution in [1.29, 1.82) is 0 Å². The first-order chi connectivity index (χ1) is 7.34. The van der Waals surface area contributed by atoms with Gasteiger partial charge in [0.05, 0.1) is 0 Å². The number of carbonyl (C=O) groups is 1. The molecule has 2 N–H and O–H groups in total. The Hall–Kier alpha value is -1.55. The van der Waals surface area contributed by atoms with E-state index in [0.717, 1.165) is 0 Å². The summed E-state index contributed by atoms with van der Waals surface area (Å²) in [5.74, 6) is -0.666. The third-order valence-corrected chi connectivity index (χ3v) is 2.58. The molecule has 0 heterocycles. The summed E-state index contributed by atoms with van der Waals surface area (Å²) in [4.78, 5) is 12.8. The van der Waals surface area contributed by atoms with Crippen molar-refractivity contribution >= 4 is 5.97 Å². The number of phenolic OH excluding ortho intramolecular Hbond substituents is 1. The van der Waals surface area contributed by atoms with Gasteiger partial charge in [0.1, 0.15) is 11.8 Å². The summed E-state index contributed by atoms with van der Waals surface area (Å²) in [7, 11) is 3.44. The van der Waals surface area contributed by atoms with Crippen molar-refractivity contribution in [2.45, 2.75) is 19.9 Å². The number of aryl methyl sites for hydroxylation is 2. The summed E-state index contributed by atoms with van der Waals surface area (Å²) in [6, 6.07) is 2.74. The summed E-state index contributed by atoms with van der Waals surface area (Å²) in [5.41, 5.74) is 2.08. The number of benzene rings is 1. The van der Waals surface area contributed by atoms with Gasteiger partial charge in [-0.25, -0.2) is 0 Å². The normalized spacial score (nSPS) is 12.8. The number of carboxylic acids is 1. The molecule has 0 radical (unpaired) electrons. The highest BCUT2D eigenvalue weighted by Gasteiger charge is 2.23. The number of hydrogen-bond donors (Lipinski definition) is 2. The minimum absolute atomic E-state index is 0.228. The number of phenols is 1. The zero-order valence-electron chi connectivity index (χ0n) is 9.98. The number of aliphatic carboxylic acids is 1. The standard InChI is InChI=1S/C12H17NO3/c1-7-5-9(6-8(2)11(7)14)10(12(15)16)13(3)4/h5-6,10,14H,1-4H3,(H,15,16). The molecule has 0 saturated carbocycles. The van der Waals surface area contributed by atoms with Crippen LogP contribution in [0, 0.1) is 13.8 Å². The number of carboxylic acid groups (broad SMARTS) is 1. The van der Waals surface area contributed by atoms with Crippen molar-refractivity contribution in [3.63, 3.8) is 0 Å². The maximum atomic E-state index is 11.1. The first kappa shape index (κ1) is 12.5. The highest BCUT2D eigenvalue weighted by Crippen LogP contribution is 2.28. The molecule has 1 aromatic carbocycles. The molecule has 0 aliphatic heterocycles. The monoisotopic (exact) mass is 223 g/mol. The average molecular weight is 223 g/mol. The minimum atomic E-state index is -0.894. The molecule has 0 fully saturated rings. The minimum Gasteiger partial charge on any atom is -0.507 e. The van der Waals surface area contributed by atoms with Crippen molar-refractivity contribution < 1.29 is 15.0 Å². The third kappa shape index (κ3) is 2.33. The van der Waals surface area contributed by atoms with E-state index in [1.54, 1.807) is 45.0 Å². The fourth-order valence-corrected chi connectivity index (χ4v) is 1.81. The van der Waals surface area contributed by atoms with E-state index in [-0.39, 0.29) is 5.75 Å². The van der Waals surface area contributed by atoms with Gasteiger partial charge in [-0.15, -0.1) is 0 Å². The molecule has 0 bridgehead atoms. The molecule has 16 heavy (non-hydrogen) atoms. The van der Waals surface area contributed by atoms with Crippen LogP contribution in [0.3, 0.4) is 0 Å². The van der Waals surface area contributed by atoms with Crippen molar-refractivity contribution in [1.82, 2.24) is 4.90 Å². The largest absolute Gasteiger partial charge is 0.507 e. The van der Waals surface area contributed by atoms with E-state index in [4.69, 9.17) is 5.11 Å². The molecule has 4 heteroatoms. The summed E-state index contributed by atoms with van der Waals surface area (Å²) >= 11 is 0. The van der Waals surface area contributed by atoms with Crippen LogP contribution in [0.2, 0.25) is 0 Å². The van der Waals surface area contributed by atoms with Crippen LogP contribution >= 0.6 is 0 Å².